The van der Waals surface area contributed by atoms with Gasteiger partial charge in [-0.3, -0.25) is 9.52 Å². The number of nitrogens with one attached hydrogen (secondary N) is 2. The number of phenols is 1. The van der Waals surface area contributed by atoms with Crippen LogP contribution >= 0.6 is 15.9 Å². The molecular formula is C22H14BrF5N2O6S. The highest BCUT2D eigenvalue weighted by Crippen LogP contribution is 2.40. The van der Waals surface area contributed by atoms with Crippen LogP contribution < -0.4 is 19.5 Å². The number of sulfonamides is 1. The van der Waals surface area contributed by atoms with E-state index < -0.39 is 61.6 Å². The van der Waals surface area contributed by atoms with Crippen LogP contribution in [0, 0.1) is 11.6 Å². The number of amides is 1. The Bertz CT molecular complexity index is 1510. The minimum absolute atomic E-state index is 0.158. The van der Waals surface area contributed by atoms with Crippen LogP contribution in [-0.2, 0) is 10.0 Å². The summed E-state index contributed by atoms with van der Waals surface area (Å²) in [6, 6.07) is 5.74. The maximum atomic E-state index is 14.8. The number of hydrogen-bond acceptors (Lipinski definition) is 6. The molecule has 37 heavy (non-hydrogen) atoms. The molecule has 1 aliphatic heterocycles. The van der Waals surface area contributed by atoms with Crippen LogP contribution in [0.3, 0.4) is 0 Å². The average molecular weight is 609 g/mol. The van der Waals surface area contributed by atoms with E-state index in [9.17, 15) is 40.3 Å². The van der Waals surface area contributed by atoms with Crippen LogP contribution in [0.2, 0.25) is 0 Å². The van der Waals surface area contributed by atoms with Crippen LogP contribution in [0.4, 0.5) is 27.6 Å². The van der Waals surface area contributed by atoms with Gasteiger partial charge < -0.3 is 19.9 Å². The first kappa shape index (κ1) is 26.5. The van der Waals surface area contributed by atoms with Gasteiger partial charge in [-0.05, 0) is 52.3 Å². The predicted molar refractivity (Wildman–Crippen MR) is 123 cm³/mol. The molecule has 15 heteroatoms. The number of halogens is 6. The molecule has 1 heterocycles. The molecule has 8 nitrogen and oxygen atoms in total. The minimum Gasteiger partial charge on any atom is -0.505 e. The molecule has 1 amide bonds. The quantitative estimate of drug-likeness (QED) is 0.338. The van der Waals surface area contributed by atoms with Gasteiger partial charge in [0.05, 0.1) is 16.7 Å². The highest BCUT2D eigenvalue weighted by atomic mass is 79.9. The number of rotatable bonds is 1. The zero-order valence-electron chi connectivity index (χ0n) is 18.1. The van der Waals surface area contributed by atoms with Crippen LogP contribution in [0.5, 0.6) is 17.2 Å². The summed E-state index contributed by atoms with van der Waals surface area (Å²) in [4.78, 5) is 11.7. The fourth-order valence-corrected chi connectivity index (χ4v) is 5.21. The van der Waals surface area contributed by atoms with Crippen LogP contribution in [0.15, 0.2) is 51.8 Å². The van der Waals surface area contributed by atoms with E-state index in [1.54, 1.807) is 0 Å². The molecule has 0 saturated carbocycles. The fourth-order valence-electron chi connectivity index (χ4n) is 3.41. The molecule has 196 valence electrons. The number of ether oxygens (including phenoxy) is 2. The molecule has 4 bridgehead atoms. The van der Waals surface area contributed by atoms with Crippen LogP contribution in [0.25, 0.3) is 11.1 Å². The lowest BCUT2D eigenvalue weighted by Crippen LogP contribution is -2.28. The summed E-state index contributed by atoms with van der Waals surface area (Å²) in [7, 11) is -4.78. The van der Waals surface area contributed by atoms with E-state index in [4.69, 9.17) is 4.74 Å². The van der Waals surface area contributed by atoms with Crippen molar-refractivity contribution in [1.82, 2.24) is 5.32 Å². The number of aromatic hydroxyl groups is 1. The van der Waals surface area contributed by atoms with Gasteiger partial charge in [0.2, 0.25) is 0 Å². The van der Waals surface area contributed by atoms with Crippen molar-refractivity contribution in [3.63, 3.8) is 0 Å². The SMILES string of the molecule is O=C1NCCOc2ccc(OC(F)(F)F)cc2-c2cc(c(F)cc2F)NS(=O)(=O)c2cc1cc(Br)c2O. The minimum atomic E-state index is -5.08. The van der Waals surface area contributed by atoms with E-state index >= 15 is 0 Å². The van der Waals surface area contributed by atoms with Crippen molar-refractivity contribution in [2.75, 3.05) is 17.9 Å². The molecule has 4 rings (SSSR count). The first-order valence-corrected chi connectivity index (χ1v) is 12.4. The van der Waals surface area contributed by atoms with Crippen molar-refractivity contribution in [3.05, 3.63) is 64.1 Å². The van der Waals surface area contributed by atoms with Gasteiger partial charge in [0, 0.05) is 22.8 Å². The zero-order valence-corrected chi connectivity index (χ0v) is 20.5. The van der Waals surface area contributed by atoms with Crippen molar-refractivity contribution >= 4 is 37.5 Å². The Morgan fingerprint density at radius 1 is 1.03 bits per heavy atom. The summed E-state index contributed by atoms with van der Waals surface area (Å²) in [6.45, 7) is -0.397. The van der Waals surface area contributed by atoms with Crippen molar-refractivity contribution in [2.24, 2.45) is 0 Å². The van der Waals surface area contributed by atoms with E-state index in [1.807, 2.05) is 4.72 Å². The molecule has 0 radical (unpaired) electrons. The van der Waals surface area contributed by atoms with Crippen molar-refractivity contribution in [1.29, 1.82) is 0 Å². The molecule has 3 N–H and O–H groups in total. The van der Waals surface area contributed by atoms with E-state index in [2.05, 4.69) is 26.0 Å². The van der Waals surface area contributed by atoms with Crippen molar-refractivity contribution in [3.8, 4) is 28.4 Å². The zero-order chi connectivity index (χ0) is 27.1. The molecule has 0 unspecified atom stereocenters. The molecule has 0 atom stereocenters. The van der Waals surface area contributed by atoms with Gasteiger partial charge in [-0.15, -0.1) is 13.2 Å². The number of anilines is 1. The normalized spacial score (nSPS) is 15.2. The second-order valence-corrected chi connectivity index (χ2v) is 10.0. The topological polar surface area (TPSA) is 114 Å². The molecule has 0 spiro atoms. The van der Waals surface area contributed by atoms with Gasteiger partial charge >= 0.3 is 6.36 Å². The molecular weight excluding hydrogens is 595 g/mol. The average Bonchev–Trinajstić information content (AvgIpc) is 2.79. The number of benzene rings is 3. The standard InChI is InChI=1S/C22H14BrF5N2O6S/c23-14-5-10-6-19(20(14)31)37(33,34)30-17-8-12(15(24)9-16(17)25)13-7-11(36-22(26,27)28)1-2-18(13)35-4-3-29-21(10)32/h1-2,5-9,30-31H,3-4H2,(H,29,32). The van der Waals surface area contributed by atoms with Crippen molar-refractivity contribution < 1.29 is 49.7 Å². The highest BCUT2D eigenvalue weighted by molar-refractivity contribution is 9.10. The molecule has 0 saturated heterocycles. The summed E-state index contributed by atoms with van der Waals surface area (Å²) < 4.78 is 105. The Hall–Kier alpha value is -3.59. The monoisotopic (exact) mass is 608 g/mol. The third-order valence-electron chi connectivity index (χ3n) is 5.00. The summed E-state index contributed by atoms with van der Waals surface area (Å²) in [5, 5.41) is 12.7. The molecule has 0 aromatic heterocycles. The third kappa shape index (κ3) is 5.72. The summed E-state index contributed by atoms with van der Waals surface area (Å²) in [6.07, 6.45) is -5.08. The number of phenolic OH excluding ortho intramolecular Hbond substituents is 1. The van der Waals surface area contributed by atoms with Crippen LogP contribution in [0.1, 0.15) is 10.4 Å². The van der Waals surface area contributed by atoms with E-state index in [0.717, 1.165) is 30.3 Å². The maximum Gasteiger partial charge on any atom is 0.573 e. The van der Waals surface area contributed by atoms with Gasteiger partial charge in [0.25, 0.3) is 15.9 Å². The molecule has 0 fully saturated rings. The Morgan fingerprint density at radius 2 is 1.76 bits per heavy atom. The first-order chi connectivity index (χ1) is 17.2. The highest BCUT2D eigenvalue weighted by Gasteiger charge is 2.32. The van der Waals surface area contributed by atoms with Crippen LogP contribution in [-0.4, -0.2) is 38.9 Å². The van der Waals surface area contributed by atoms with E-state index in [-0.39, 0.29) is 34.5 Å². The fraction of sp³-hybridized carbons (Fsp3) is 0.136. The second-order valence-electron chi connectivity index (χ2n) is 7.53. The lowest BCUT2D eigenvalue weighted by Gasteiger charge is -2.17. The Kier molecular flexibility index (Phi) is 6.94. The lowest BCUT2D eigenvalue weighted by atomic mass is 10.0. The number of carbonyl (C=O) groups excluding carboxylic acids is 1. The predicted octanol–water partition coefficient (Wildman–Crippen LogP) is 4.92. The van der Waals surface area contributed by atoms with E-state index in [1.165, 1.54) is 0 Å². The van der Waals surface area contributed by atoms with Gasteiger partial charge in [-0.1, -0.05) is 0 Å². The number of carbonyl (C=O) groups is 1. The number of alkyl halides is 3. The lowest BCUT2D eigenvalue weighted by molar-refractivity contribution is -0.274. The Labute approximate surface area is 214 Å². The van der Waals surface area contributed by atoms with Gasteiger partial charge in [-0.25, -0.2) is 17.2 Å². The van der Waals surface area contributed by atoms with Gasteiger partial charge in [0.15, 0.2) is 0 Å². The van der Waals surface area contributed by atoms with Gasteiger partial charge in [-0.2, -0.15) is 0 Å². The molecule has 0 aliphatic carbocycles. The molecule has 3 aromatic carbocycles. The summed E-state index contributed by atoms with van der Waals surface area (Å²) in [5.41, 5.74) is -1.84. The first-order valence-electron chi connectivity index (χ1n) is 10.1. The van der Waals surface area contributed by atoms with Gasteiger partial charge in [0.1, 0.15) is 40.4 Å². The largest absolute Gasteiger partial charge is 0.573 e. The summed E-state index contributed by atoms with van der Waals surface area (Å²) >= 11 is 2.96. The maximum absolute atomic E-state index is 14.8. The number of hydrogen-bond donors (Lipinski definition) is 3. The molecule has 3 aromatic rings. The van der Waals surface area contributed by atoms with Crippen molar-refractivity contribution in [2.45, 2.75) is 11.3 Å². The smallest absolute Gasteiger partial charge is 0.505 e. The Balaban J connectivity index is 1.92. The second kappa shape index (κ2) is 9.70. The third-order valence-corrected chi connectivity index (χ3v) is 6.98. The summed E-state index contributed by atoms with van der Waals surface area (Å²) in [5.74, 6) is -5.09. The van der Waals surface area contributed by atoms with E-state index in [0.29, 0.717) is 12.1 Å². The number of fused-ring (bicyclic) bond motifs is 6. The molecule has 1 aliphatic rings. The Morgan fingerprint density at radius 3 is 2.46 bits per heavy atom.